The molecule has 272 valence electrons. The van der Waals surface area contributed by atoms with Gasteiger partial charge in [0.05, 0.1) is 25.0 Å². The van der Waals surface area contributed by atoms with Crippen molar-refractivity contribution in [2.75, 3.05) is 20.2 Å². The summed E-state index contributed by atoms with van der Waals surface area (Å²) in [7, 11) is 1.49. The van der Waals surface area contributed by atoms with E-state index in [0.717, 1.165) is 11.1 Å². The Morgan fingerprint density at radius 3 is 1.85 bits per heavy atom. The lowest BCUT2D eigenvalue weighted by atomic mass is 10.1. The molecule has 8 bridgehead atoms. The second-order valence-electron chi connectivity index (χ2n) is 11.6. The molecule has 0 unspecified atom stereocenters. The quantitative estimate of drug-likeness (QED) is 0.0939. The number of methoxy groups -OCH3 is 1. The zero-order valence-electron chi connectivity index (χ0n) is 27.5. The topological polar surface area (TPSA) is 171 Å². The molecule has 5 N–H and O–H groups in total. The predicted molar refractivity (Wildman–Crippen MR) is 209 cm³/mol. The molecule has 0 aromatic heterocycles. The largest absolute Gasteiger partial charge is 0.504 e. The maximum Gasteiger partial charge on any atom is 0.269 e. The number of ether oxygens (including phenoxy) is 3. The normalized spacial score (nSPS) is 16.2. The van der Waals surface area contributed by atoms with Gasteiger partial charge in [-0.1, -0.05) is 22.4 Å². The van der Waals surface area contributed by atoms with E-state index in [1.54, 1.807) is 42.5 Å². The predicted octanol–water partition coefficient (Wildman–Crippen LogP) is 8.20. The van der Waals surface area contributed by atoms with Gasteiger partial charge in [-0.05, 0) is 154 Å². The zero-order chi connectivity index (χ0) is 37.4. The number of amides is 2. The van der Waals surface area contributed by atoms with Crippen LogP contribution in [0.5, 0.6) is 34.5 Å². The number of nitrogens with one attached hydrogen (secondary N) is 2. The van der Waals surface area contributed by atoms with Crippen LogP contribution in [0.2, 0.25) is 0 Å². The molecule has 52 heavy (non-hydrogen) atoms. The van der Waals surface area contributed by atoms with E-state index in [0.29, 0.717) is 77.8 Å². The van der Waals surface area contributed by atoms with Gasteiger partial charge < -0.3 is 40.4 Å². The Bertz CT molecular complexity index is 2030. The Kier molecular flexibility index (Phi) is 13.6. The maximum atomic E-state index is 13.1. The number of rotatable bonds is 1. The highest BCUT2D eigenvalue weighted by Gasteiger charge is 2.21. The highest BCUT2D eigenvalue weighted by atomic mass is 79.9. The average Bonchev–Trinajstić information content (AvgIpc) is 3.11. The number of benzene rings is 4. The van der Waals surface area contributed by atoms with E-state index in [9.17, 15) is 25.1 Å². The number of halogens is 4. The van der Waals surface area contributed by atoms with Gasteiger partial charge in [-0.15, -0.1) is 0 Å². The van der Waals surface area contributed by atoms with E-state index < -0.39 is 11.8 Å². The highest BCUT2D eigenvalue weighted by molar-refractivity contribution is 9.11. The summed E-state index contributed by atoms with van der Waals surface area (Å²) in [6, 6.07) is 17.4. The number of hydrogen-bond acceptors (Lipinski definition) is 10. The minimum Gasteiger partial charge on any atom is -0.504 e. The van der Waals surface area contributed by atoms with E-state index in [1.165, 1.54) is 13.2 Å². The second kappa shape index (κ2) is 18.1. The molecule has 3 aliphatic rings. The average molecular weight is 968 g/mol. The van der Waals surface area contributed by atoms with Crippen LogP contribution in [0.1, 0.15) is 28.7 Å². The molecule has 0 aliphatic carbocycles. The van der Waals surface area contributed by atoms with Crippen LogP contribution in [0.3, 0.4) is 0 Å². The van der Waals surface area contributed by atoms with Crippen molar-refractivity contribution in [3.63, 3.8) is 0 Å². The standard InChI is InChI=1S/C36H32Br4N4O8/c1-50-34-26(40)14-22-16-28(44-49)36(47)42-10-8-20-4-6-29(45)31(17-20)51-30-7-5-19(11-23(30)37)3-2-9-41-35(46)27(43-48)15-21-12-24(38)33(25(39)13-21)52-32(34)18-22/h4-7,11-14,17-18,45,48-49H,2-3,8-10,15-16H2,1H3,(H,41,46)(H,42,47)/b43-27?,44-28+. The van der Waals surface area contributed by atoms with Gasteiger partial charge in [-0.2, -0.15) is 0 Å². The van der Waals surface area contributed by atoms with Gasteiger partial charge in [-0.25, -0.2) is 0 Å². The minimum atomic E-state index is -0.569. The van der Waals surface area contributed by atoms with Crippen molar-refractivity contribution in [3.8, 4) is 34.5 Å². The molecule has 0 saturated carbocycles. The molecule has 0 spiro atoms. The number of phenols is 1. The van der Waals surface area contributed by atoms with Crippen molar-refractivity contribution >= 4 is 87.0 Å². The number of carbonyl (C=O) groups excluding carboxylic acids is 2. The molecule has 16 heteroatoms. The summed E-state index contributed by atoms with van der Waals surface area (Å²) in [6.45, 7) is 0.558. The number of aryl methyl sites for hydroxylation is 1. The van der Waals surface area contributed by atoms with Crippen LogP contribution >= 0.6 is 63.7 Å². The van der Waals surface area contributed by atoms with Gasteiger partial charge in [0, 0.05) is 25.9 Å². The lowest BCUT2D eigenvalue weighted by molar-refractivity contribution is -0.115. The maximum absolute atomic E-state index is 13.1. The van der Waals surface area contributed by atoms with E-state index in [2.05, 4.69) is 84.7 Å². The molecule has 7 rings (SSSR count). The van der Waals surface area contributed by atoms with Crippen LogP contribution in [0.25, 0.3) is 0 Å². The number of aromatic hydroxyl groups is 1. The summed E-state index contributed by atoms with van der Waals surface area (Å²) < 4.78 is 20.2. The molecule has 0 saturated heterocycles. The number of oxime groups is 2. The van der Waals surface area contributed by atoms with E-state index in [-0.39, 0.29) is 42.3 Å². The van der Waals surface area contributed by atoms with Crippen LogP contribution in [0.15, 0.2) is 88.9 Å². The first-order valence-corrected chi connectivity index (χ1v) is 18.9. The molecular weight excluding hydrogens is 936 g/mol. The number of phenolic OH excluding ortho intramolecular Hbond substituents is 1. The fraction of sp³-hybridized carbons (Fsp3) is 0.222. The van der Waals surface area contributed by atoms with Crippen LogP contribution in [0, 0.1) is 0 Å². The number of nitrogens with zero attached hydrogens (tertiary/aromatic N) is 2. The van der Waals surface area contributed by atoms with Gasteiger partial charge >= 0.3 is 0 Å². The van der Waals surface area contributed by atoms with Crippen LogP contribution in [-0.4, -0.2) is 59.0 Å². The molecular formula is C36H32Br4N4O8. The fourth-order valence-corrected chi connectivity index (χ4v) is 7.95. The third-order valence-electron chi connectivity index (χ3n) is 7.92. The van der Waals surface area contributed by atoms with Crippen molar-refractivity contribution < 1.29 is 39.3 Å². The first-order valence-electron chi connectivity index (χ1n) is 15.8. The van der Waals surface area contributed by atoms with Gasteiger partial charge in [0.15, 0.2) is 28.7 Å². The van der Waals surface area contributed by atoms with Crippen molar-refractivity contribution in [3.05, 3.63) is 101 Å². The van der Waals surface area contributed by atoms with Crippen LogP contribution in [0.4, 0.5) is 0 Å². The number of carbonyl (C=O) groups is 2. The van der Waals surface area contributed by atoms with Gasteiger partial charge in [0.25, 0.3) is 11.8 Å². The van der Waals surface area contributed by atoms with Gasteiger partial charge in [-0.3, -0.25) is 9.59 Å². The summed E-state index contributed by atoms with van der Waals surface area (Å²) in [5, 5.41) is 42.1. The summed E-state index contributed by atoms with van der Waals surface area (Å²) in [6.07, 6.45) is 1.65. The van der Waals surface area contributed by atoms with Crippen LogP contribution in [-0.2, 0) is 35.3 Å². The molecule has 0 fully saturated rings. The van der Waals surface area contributed by atoms with Gasteiger partial charge in [0.1, 0.15) is 17.2 Å². The summed E-state index contributed by atoms with van der Waals surface area (Å²) in [4.78, 5) is 26.0. The molecule has 2 amide bonds. The SMILES string of the molecule is COc1c(Br)cc2cc1Oc1c(Br)cc(cc1Br)CC(=NO)C(=O)NCCCc1ccc(c(Br)c1)Oc1cc(ccc1O)CCNC(=O)/C(=N/O)C2. The van der Waals surface area contributed by atoms with Gasteiger partial charge in [0.2, 0.25) is 0 Å². The molecule has 12 nitrogen and oxygen atoms in total. The summed E-state index contributed by atoms with van der Waals surface area (Å²) in [5.74, 6) is 0.657. The van der Waals surface area contributed by atoms with E-state index in [4.69, 9.17) is 14.2 Å². The molecule has 3 aliphatic heterocycles. The lowest BCUT2D eigenvalue weighted by Gasteiger charge is -2.17. The molecule has 3 heterocycles. The lowest BCUT2D eigenvalue weighted by Crippen LogP contribution is -2.33. The summed E-state index contributed by atoms with van der Waals surface area (Å²) >= 11 is 14.2. The van der Waals surface area contributed by atoms with E-state index >= 15 is 0 Å². The molecule has 0 radical (unpaired) electrons. The minimum absolute atomic E-state index is 0.0301. The van der Waals surface area contributed by atoms with Crippen molar-refractivity contribution in [2.45, 2.75) is 32.1 Å². The fourth-order valence-electron chi connectivity index (χ4n) is 5.34. The second-order valence-corrected chi connectivity index (χ2v) is 15.0. The van der Waals surface area contributed by atoms with Crippen molar-refractivity contribution in [2.24, 2.45) is 10.3 Å². The monoisotopic (exact) mass is 964 g/mol. The molecule has 0 atom stereocenters. The smallest absolute Gasteiger partial charge is 0.269 e. The molecule has 4 aromatic carbocycles. The third kappa shape index (κ3) is 9.85. The third-order valence-corrected chi connectivity index (χ3v) is 10.3. The Morgan fingerprint density at radius 2 is 1.21 bits per heavy atom. The highest BCUT2D eigenvalue weighted by Crippen LogP contribution is 2.44. The first-order chi connectivity index (χ1) is 25.0. The Hall–Kier alpha value is -4.12. The Labute approximate surface area is 332 Å². The Balaban J connectivity index is 1.45. The summed E-state index contributed by atoms with van der Waals surface area (Å²) in [5.41, 5.74) is 2.80. The van der Waals surface area contributed by atoms with Crippen molar-refractivity contribution in [1.82, 2.24) is 10.6 Å². The number of hydrogen-bond donors (Lipinski definition) is 5. The number of fused-ring (bicyclic) bond motifs is 2. The Morgan fingerprint density at radius 1 is 0.654 bits per heavy atom. The zero-order valence-corrected chi connectivity index (χ0v) is 33.9. The first kappa shape index (κ1) is 39.1. The molecule has 4 aromatic rings. The van der Waals surface area contributed by atoms with E-state index in [1.807, 2.05) is 12.1 Å². The van der Waals surface area contributed by atoms with Crippen LogP contribution < -0.4 is 24.8 Å². The van der Waals surface area contributed by atoms with Crippen molar-refractivity contribution in [1.29, 1.82) is 0 Å².